The summed E-state index contributed by atoms with van der Waals surface area (Å²) in [7, 11) is 1.71. The fraction of sp³-hybridized carbons (Fsp3) is 0.438. The van der Waals surface area contributed by atoms with Gasteiger partial charge in [0.15, 0.2) is 11.6 Å². The highest BCUT2D eigenvalue weighted by Gasteiger charge is 2.25. The maximum Gasteiger partial charge on any atom is 0.406 e. The number of halogens is 2. The van der Waals surface area contributed by atoms with Gasteiger partial charge in [-0.1, -0.05) is 6.07 Å². The zero-order valence-corrected chi connectivity index (χ0v) is 13.8. The van der Waals surface area contributed by atoms with E-state index in [9.17, 15) is 18.9 Å². The third kappa shape index (κ3) is 3.93. The Balaban J connectivity index is 1.56. The highest BCUT2D eigenvalue weighted by molar-refractivity contribution is 5.52. The number of nitrogens with zero attached hydrogens (tertiary/aromatic N) is 4. The van der Waals surface area contributed by atoms with Gasteiger partial charge in [0.2, 0.25) is 12.1 Å². The molecule has 0 spiro atoms. The Kier molecular flexibility index (Phi) is 4.93. The van der Waals surface area contributed by atoms with Gasteiger partial charge in [-0.2, -0.15) is 0 Å². The predicted molar refractivity (Wildman–Crippen MR) is 88.1 cm³/mol. The molecule has 1 aromatic carbocycles. The summed E-state index contributed by atoms with van der Waals surface area (Å²) in [5, 5.41) is 14.2. The SMILES string of the molecule is Cn1cnc([N+](=O)[O-])c1NC1CCN(Cc2ccc(F)c(F)c2)CC1. The lowest BCUT2D eigenvalue weighted by molar-refractivity contribution is -0.388. The molecule has 0 saturated carbocycles. The molecule has 3 rings (SSSR count). The molecule has 1 aliphatic rings. The summed E-state index contributed by atoms with van der Waals surface area (Å²) >= 11 is 0. The fourth-order valence-corrected chi connectivity index (χ4v) is 3.04. The van der Waals surface area contributed by atoms with Gasteiger partial charge in [0, 0.05) is 32.7 Å². The largest absolute Gasteiger partial charge is 0.406 e. The molecular weight excluding hydrogens is 332 g/mol. The Bertz CT molecular complexity index is 772. The molecule has 1 fully saturated rings. The lowest BCUT2D eigenvalue weighted by atomic mass is 10.0. The van der Waals surface area contributed by atoms with Crippen LogP contribution >= 0.6 is 0 Å². The van der Waals surface area contributed by atoms with Gasteiger partial charge in [0.05, 0.1) is 0 Å². The minimum atomic E-state index is -0.843. The molecular formula is C16H19F2N5O2. The third-order valence-corrected chi connectivity index (χ3v) is 4.41. The molecule has 1 aliphatic heterocycles. The molecule has 0 unspecified atom stereocenters. The van der Waals surface area contributed by atoms with Crippen molar-refractivity contribution >= 4 is 11.6 Å². The van der Waals surface area contributed by atoms with Crippen molar-refractivity contribution in [2.45, 2.75) is 25.4 Å². The fourth-order valence-electron chi connectivity index (χ4n) is 3.04. The van der Waals surface area contributed by atoms with Crippen LogP contribution < -0.4 is 5.32 Å². The van der Waals surface area contributed by atoms with Crippen LogP contribution in [0.1, 0.15) is 18.4 Å². The average Bonchev–Trinajstić information content (AvgIpc) is 2.94. The lowest BCUT2D eigenvalue weighted by Gasteiger charge is -2.32. The van der Waals surface area contributed by atoms with Gasteiger partial charge in [-0.3, -0.25) is 9.47 Å². The summed E-state index contributed by atoms with van der Waals surface area (Å²) in [4.78, 5) is 16.5. The Morgan fingerprint density at radius 2 is 2.04 bits per heavy atom. The molecule has 2 heterocycles. The summed E-state index contributed by atoms with van der Waals surface area (Å²) in [5.41, 5.74) is 0.729. The van der Waals surface area contributed by atoms with Crippen LogP contribution in [0.3, 0.4) is 0 Å². The van der Waals surface area contributed by atoms with E-state index in [1.165, 1.54) is 12.4 Å². The van der Waals surface area contributed by atoms with Crippen molar-refractivity contribution < 1.29 is 13.7 Å². The van der Waals surface area contributed by atoms with Crippen molar-refractivity contribution in [3.63, 3.8) is 0 Å². The Morgan fingerprint density at radius 1 is 1.32 bits per heavy atom. The number of imidazole rings is 1. The van der Waals surface area contributed by atoms with E-state index in [0.717, 1.165) is 37.6 Å². The van der Waals surface area contributed by atoms with Crippen molar-refractivity contribution in [3.8, 4) is 0 Å². The standard InChI is InChI=1S/C16H19F2N5O2/c1-21-10-19-15(23(24)25)16(21)20-12-4-6-22(7-5-12)9-11-2-3-13(17)14(18)8-11/h2-3,8,10,12,20H,4-7,9H2,1H3. The number of aromatic nitrogens is 2. The highest BCUT2D eigenvalue weighted by Crippen LogP contribution is 2.25. The number of likely N-dealkylation sites (tertiary alicyclic amines) is 1. The van der Waals surface area contributed by atoms with E-state index >= 15 is 0 Å². The van der Waals surface area contributed by atoms with Gasteiger partial charge in [-0.05, 0) is 40.4 Å². The number of nitro groups is 1. The first-order chi connectivity index (χ1) is 11.9. The summed E-state index contributed by atoms with van der Waals surface area (Å²) in [6.07, 6.45) is 3.01. The zero-order valence-electron chi connectivity index (χ0n) is 13.8. The van der Waals surface area contributed by atoms with Crippen molar-refractivity contribution in [1.82, 2.24) is 14.5 Å². The Labute approximate surface area is 143 Å². The van der Waals surface area contributed by atoms with Crippen LogP contribution in [0.15, 0.2) is 24.5 Å². The normalized spacial score (nSPS) is 16.1. The van der Waals surface area contributed by atoms with Crippen LogP contribution in [0.4, 0.5) is 20.4 Å². The zero-order chi connectivity index (χ0) is 18.0. The molecule has 1 N–H and O–H groups in total. The van der Waals surface area contributed by atoms with E-state index in [0.29, 0.717) is 12.4 Å². The number of benzene rings is 1. The van der Waals surface area contributed by atoms with Crippen LogP contribution in [0.2, 0.25) is 0 Å². The number of aryl methyl sites for hydroxylation is 1. The number of piperidine rings is 1. The van der Waals surface area contributed by atoms with Gasteiger partial charge < -0.3 is 15.4 Å². The minimum Gasteiger partial charge on any atom is -0.361 e. The average molecular weight is 351 g/mol. The molecule has 0 radical (unpaired) electrons. The second-order valence-electron chi connectivity index (χ2n) is 6.23. The van der Waals surface area contributed by atoms with Crippen molar-refractivity contribution in [1.29, 1.82) is 0 Å². The Hall–Kier alpha value is -2.55. The monoisotopic (exact) mass is 351 g/mol. The van der Waals surface area contributed by atoms with Gasteiger partial charge in [0.1, 0.15) is 0 Å². The van der Waals surface area contributed by atoms with Gasteiger partial charge in [-0.25, -0.2) is 8.78 Å². The van der Waals surface area contributed by atoms with Gasteiger partial charge in [-0.15, -0.1) is 0 Å². The van der Waals surface area contributed by atoms with Crippen molar-refractivity contribution in [2.24, 2.45) is 7.05 Å². The molecule has 0 bridgehead atoms. The molecule has 134 valence electrons. The number of hydrogen-bond acceptors (Lipinski definition) is 5. The lowest BCUT2D eigenvalue weighted by Crippen LogP contribution is -2.39. The molecule has 25 heavy (non-hydrogen) atoms. The van der Waals surface area contributed by atoms with E-state index in [4.69, 9.17) is 0 Å². The second-order valence-corrected chi connectivity index (χ2v) is 6.23. The summed E-state index contributed by atoms with van der Waals surface area (Å²) in [6, 6.07) is 4.05. The van der Waals surface area contributed by atoms with Crippen LogP contribution in [-0.4, -0.2) is 38.5 Å². The second kappa shape index (κ2) is 7.14. The topological polar surface area (TPSA) is 76.2 Å². The first kappa shape index (κ1) is 17.3. The van der Waals surface area contributed by atoms with E-state index in [2.05, 4.69) is 15.2 Å². The number of nitrogens with one attached hydrogen (secondary N) is 1. The van der Waals surface area contributed by atoms with Gasteiger partial charge >= 0.3 is 5.82 Å². The number of anilines is 1. The van der Waals surface area contributed by atoms with E-state index in [-0.39, 0.29) is 11.9 Å². The molecule has 9 heteroatoms. The van der Waals surface area contributed by atoms with E-state index < -0.39 is 16.6 Å². The minimum absolute atomic E-state index is 0.107. The maximum atomic E-state index is 13.3. The summed E-state index contributed by atoms with van der Waals surface area (Å²) < 4.78 is 27.9. The number of hydrogen-bond donors (Lipinski definition) is 1. The smallest absolute Gasteiger partial charge is 0.361 e. The van der Waals surface area contributed by atoms with Crippen LogP contribution in [0.5, 0.6) is 0 Å². The van der Waals surface area contributed by atoms with E-state index in [1.54, 1.807) is 17.7 Å². The first-order valence-corrected chi connectivity index (χ1v) is 8.02. The molecule has 0 atom stereocenters. The van der Waals surface area contributed by atoms with Crippen molar-refractivity contribution in [2.75, 3.05) is 18.4 Å². The molecule has 2 aromatic rings. The first-order valence-electron chi connectivity index (χ1n) is 8.02. The van der Waals surface area contributed by atoms with Crippen molar-refractivity contribution in [3.05, 3.63) is 51.8 Å². The van der Waals surface area contributed by atoms with Gasteiger partial charge in [0.25, 0.3) is 0 Å². The summed E-state index contributed by atoms with van der Waals surface area (Å²) in [6.45, 7) is 2.08. The molecule has 1 aromatic heterocycles. The molecule has 7 nitrogen and oxygen atoms in total. The highest BCUT2D eigenvalue weighted by atomic mass is 19.2. The molecule has 0 aliphatic carbocycles. The summed E-state index contributed by atoms with van der Waals surface area (Å²) in [5.74, 6) is -1.45. The quantitative estimate of drug-likeness (QED) is 0.662. The Morgan fingerprint density at radius 3 is 2.68 bits per heavy atom. The third-order valence-electron chi connectivity index (χ3n) is 4.41. The molecule has 1 saturated heterocycles. The van der Waals surface area contributed by atoms with Crippen LogP contribution in [0, 0.1) is 21.7 Å². The molecule has 0 amide bonds. The number of rotatable bonds is 5. The van der Waals surface area contributed by atoms with Crippen LogP contribution in [-0.2, 0) is 13.6 Å². The van der Waals surface area contributed by atoms with Crippen LogP contribution in [0.25, 0.3) is 0 Å². The predicted octanol–water partition coefficient (Wildman–Crippen LogP) is 2.68. The van der Waals surface area contributed by atoms with E-state index in [1.807, 2.05) is 0 Å². The maximum absolute atomic E-state index is 13.3.